The number of non-ortho nitro benzene ring substituents is 1. The molecule has 4 rings (SSSR count). The van der Waals surface area contributed by atoms with E-state index in [-0.39, 0.29) is 17.7 Å². The Bertz CT molecular complexity index is 1110. The molecule has 160 valence electrons. The molecule has 9 heteroatoms. The molecular formula is C22H23N5O4. The van der Waals surface area contributed by atoms with E-state index in [0.717, 1.165) is 18.7 Å². The second-order valence-corrected chi connectivity index (χ2v) is 7.33. The van der Waals surface area contributed by atoms with E-state index in [2.05, 4.69) is 15.0 Å². The molecule has 0 atom stereocenters. The summed E-state index contributed by atoms with van der Waals surface area (Å²) in [5.41, 5.74) is 1.49. The highest BCUT2D eigenvalue weighted by Gasteiger charge is 2.16. The van der Waals surface area contributed by atoms with Crippen LogP contribution in [0.15, 0.2) is 59.4 Å². The average Bonchev–Trinajstić information content (AvgIpc) is 2.81. The summed E-state index contributed by atoms with van der Waals surface area (Å²) in [6.45, 7) is 4.14. The molecule has 1 fully saturated rings. The lowest BCUT2D eigenvalue weighted by Gasteiger charge is -2.26. The summed E-state index contributed by atoms with van der Waals surface area (Å²) >= 11 is 0. The number of benzene rings is 2. The Morgan fingerprint density at radius 3 is 2.55 bits per heavy atom. The monoisotopic (exact) mass is 421 g/mol. The van der Waals surface area contributed by atoms with Crippen LogP contribution in [-0.2, 0) is 17.7 Å². The summed E-state index contributed by atoms with van der Waals surface area (Å²) in [5, 5.41) is 15.6. The van der Waals surface area contributed by atoms with E-state index in [1.807, 2.05) is 30.3 Å². The Morgan fingerprint density at radius 2 is 1.81 bits per heavy atom. The topological polar surface area (TPSA) is 103 Å². The van der Waals surface area contributed by atoms with Crippen molar-refractivity contribution in [3.05, 3.63) is 86.3 Å². The van der Waals surface area contributed by atoms with E-state index < -0.39 is 4.92 Å². The van der Waals surface area contributed by atoms with Gasteiger partial charge in [-0.3, -0.25) is 19.8 Å². The third kappa shape index (κ3) is 5.19. The van der Waals surface area contributed by atoms with Gasteiger partial charge in [0, 0.05) is 43.8 Å². The van der Waals surface area contributed by atoms with Gasteiger partial charge in [0.1, 0.15) is 5.69 Å². The number of hydrogen-bond donors (Lipinski definition) is 0. The predicted octanol–water partition coefficient (Wildman–Crippen LogP) is 2.14. The Labute approximate surface area is 179 Å². The Balaban J connectivity index is 1.66. The smallest absolute Gasteiger partial charge is 0.288 e. The van der Waals surface area contributed by atoms with Crippen molar-refractivity contribution in [1.82, 2.24) is 19.7 Å². The molecule has 0 aliphatic carbocycles. The number of ether oxygens (including phenoxy) is 1. The van der Waals surface area contributed by atoms with Crippen LogP contribution in [0.5, 0.6) is 0 Å². The van der Waals surface area contributed by atoms with Crippen molar-refractivity contribution in [3.63, 3.8) is 0 Å². The van der Waals surface area contributed by atoms with Gasteiger partial charge in [0.25, 0.3) is 11.2 Å². The third-order valence-electron chi connectivity index (χ3n) is 5.19. The van der Waals surface area contributed by atoms with Gasteiger partial charge in [0.2, 0.25) is 0 Å². The van der Waals surface area contributed by atoms with E-state index in [1.165, 1.54) is 16.8 Å². The van der Waals surface area contributed by atoms with Crippen molar-refractivity contribution >= 4 is 5.69 Å². The lowest BCUT2D eigenvalue weighted by atomic mass is 10.1. The summed E-state index contributed by atoms with van der Waals surface area (Å²) in [5.74, 6) is 0.461. The molecule has 0 radical (unpaired) electrons. The average molecular weight is 421 g/mol. The van der Waals surface area contributed by atoms with Gasteiger partial charge in [-0.1, -0.05) is 42.5 Å². The maximum Gasteiger partial charge on any atom is 0.288 e. The fraction of sp³-hybridized carbons (Fsp3) is 0.318. The van der Waals surface area contributed by atoms with Crippen molar-refractivity contribution in [2.45, 2.75) is 13.0 Å². The van der Waals surface area contributed by atoms with Crippen molar-refractivity contribution < 1.29 is 9.66 Å². The molecule has 1 saturated heterocycles. The van der Waals surface area contributed by atoms with Crippen molar-refractivity contribution in [3.8, 4) is 11.4 Å². The minimum Gasteiger partial charge on any atom is -0.379 e. The number of morpholine rings is 1. The number of nitrogens with zero attached hydrogens (tertiary/aromatic N) is 5. The van der Waals surface area contributed by atoms with E-state index in [1.54, 1.807) is 12.1 Å². The zero-order chi connectivity index (χ0) is 21.6. The van der Waals surface area contributed by atoms with Crippen LogP contribution in [0.2, 0.25) is 0 Å². The Hall–Kier alpha value is -3.43. The highest BCUT2D eigenvalue weighted by Crippen LogP contribution is 2.17. The van der Waals surface area contributed by atoms with E-state index in [0.29, 0.717) is 43.4 Å². The lowest BCUT2D eigenvalue weighted by molar-refractivity contribution is -0.384. The highest BCUT2D eigenvalue weighted by atomic mass is 16.6. The quantitative estimate of drug-likeness (QED) is 0.425. The predicted molar refractivity (Wildman–Crippen MR) is 115 cm³/mol. The molecule has 0 unspecified atom stereocenters. The fourth-order valence-electron chi connectivity index (χ4n) is 3.52. The summed E-state index contributed by atoms with van der Waals surface area (Å²) in [6.07, 6.45) is 0.195. The van der Waals surface area contributed by atoms with E-state index in [9.17, 15) is 14.9 Å². The number of hydrogen-bond acceptors (Lipinski definition) is 7. The van der Waals surface area contributed by atoms with Gasteiger partial charge in [-0.05, 0) is 5.56 Å². The third-order valence-corrected chi connectivity index (χ3v) is 5.19. The van der Waals surface area contributed by atoms with Crippen molar-refractivity contribution in [1.29, 1.82) is 0 Å². The van der Waals surface area contributed by atoms with Crippen LogP contribution in [0.25, 0.3) is 11.4 Å². The summed E-state index contributed by atoms with van der Waals surface area (Å²) in [6, 6.07) is 15.7. The molecule has 31 heavy (non-hydrogen) atoms. The zero-order valence-corrected chi connectivity index (χ0v) is 17.0. The van der Waals surface area contributed by atoms with Gasteiger partial charge in [0.05, 0.1) is 24.7 Å². The second-order valence-electron chi connectivity index (χ2n) is 7.33. The molecule has 9 nitrogen and oxygen atoms in total. The first-order valence-electron chi connectivity index (χ1n) is 10.2. The van der Waals surface area contributed by atoms with Crippen molar-refractivity contribution in [2.75, 3.05) is 32.8 Å². The summed E-state index contributed by atoms with van der Waals surface area (Å²) in [4.78, 5) is 30.5. The van der Waals surface area contributed by atoms with E-state index in [4.69, 9.17) is 4.74 Å². The van der Waals surface area contributed by atoms with Gasteiger partial charge in [0.15, 0.2) is 5.82 Å². The second kappa shape index (κ2) is 9.59. The molecule has 3 aromatic rings. The molecule has 2 heterocycles. The van der Waals surface area contributed by atoms with Gasteiger partial charge < -0.3 is 4.74 Å². The molecular weight excluding hydrogens is 398 g/mol. The number of aromatic nitrogens is 3. The molecule has 1 aromatic heterocycles. The minimum atomic E-state index is -0.445. The maximum atomic E-state index is 13.1. The van der Waals surface area contributed by atoms with Crippen LogP contribution in [0.1, 0.15) is 11.3 Å². The van der Waals surface area contributed by atoms with Crippen LogP contribution in [-0.4, -0.2) is 57.4 Å². The van der Waals surface area contributed by atoms with Gasteiger partial charge >= 0.3 is 0 Å². The van der Waals surface area contributed by atoms with Gasteiger partial charge in [-0.25, -0.2) is 9.67 Å². The van der Waals surface area contributed by atoms with Crippen molar-refractivity contribution in [2.24, 2.45) is 0 Å². The van der Waals surface area contributed by atoms with Crippen LogP contribution in [0, 0.1) is 10.1 Å². The normalized spacial score (nSPS) is 14.5. The fourth-order valence-corrected chi connectivity index (χ4v) is 3.52. The van der Waals surface area contributed by atoms with E-state index >= 15 is 0 Å². The summed E-state index contributed by atoms with van der Waals surface area (Å²) < 4.78 is 6.84. The number of rotatable bonds is 7. The molecule has 1 aliphatic heterocycles. The van der Waals surface area contributed by atoms with Crippen LogP contribution < -0.4 is 5.56 Å². The van der Waals surface area contributed by atoms with Crippen LogP contribution in [0.4, 0.5) is 5.69 Å². The molecule has 0 amide bonds. The molecule has 0 bridgehead atoms. The van der Waals surface area contributed by atoms with Gasteiger partial charge in [-0.15, -0.1) is 5.10 Å². The first kappa shape index (κ1) is 20.8. The van der Waals surface area contributed by atoms with Gasteiger partial charge in [-0.2, -0.15) is 0 Å². The molecule has 0 N–H and O–H groups in total. The molecule has 1 aliphatic rings. The van der Waals surface area contributed by atoms with Crippen LogP contribution >= 0.6 is 0 Å². The molecule has 2 aromatic carbocycles. The number of nitro groups is 1. The molecule has 0 saturated carbocycles. The largest absolute Gasteiger partial charge is 0.379 e. The van der Waals surface area contributed by atoms with Crippen LogP contribution in [0.3, 0.4) is 0 Å². The maximum absolute atomic E-state index is 13.1. The highest BCUT2D eigenvalue weighted by molar-refractivity contribution is 5.54. The Morgan fingerprint density at radius 1 is 1.03 bits per heavy atom. The zero-order valence-electron chi connectivity index (χ0n) is 17.0. The first-order valence-corrected chi connectivity index (χ1v) is 10.2. The standard InChI is InChI=1S/C22H23N5O4/c28-22-20(16-17-5-4-8-19(15-17)27(29)30)23-21(18-6-2-1-3-7-18)24-26(22)10-9-25-11-13-31-14-12-25/h1-8,15H,9-14,16H2. The summed E-state index contributed by atoms with van der Waals surface area (Å²) in [7, 11) is 0. The SMILES string of the molecule is O=c1c(Cc2cccc([N+](=O)[O-])c2)nc(-c2ccccc2)nn1CCN1CCOCC1. The Kier molecular flexibility index (Phi) is 6.44. The number of nitro benzene ring substituents is 1. The first-order chi connectivity index (χ1) is 15.1. The minimum absolute atomic E-state index is 0.0116. The molecule has 0 spiro atoms. The lowest BCUT2D eigenvalue weighted by Crippen LogP contribution is -2.40.